The maximum atomic E-state index is 13.0. The van der Waals surface area contributed by atoms with Gasteiger partial charge in [0.05, 0.1) is 7.11 Å². The molecule has 2 aromatic rings. The molecule has 1 unspecified atom stereocenters. The third-order valence-electron chi connectivity index (χ3n) is 5.48. The molecule has 35 heavy (non-hydrogen) atoms. The molecule has 0 aromatic heterocycles. The molecule has 0 aliphatic carbocycles. The molecule has 0 saturated carbocycles. The second kappa shape index (κ2) is 9.88. The van der Waals surface area contributed by atoms with Gasteiger partial charge in [0.25, 0.3) is 5.78 Å². The highest BCUT2D eigenvalue weighted by atomic mass is 32.3. The molecule has 2 N–H and O–H groups in total. The Morgan fingerprint density at radius 2 is 1.80 bits per heavy atom. The molecule has 2 aromatic carbocycles. The summed E-state index contributed by atoms with van der Waals surface area (Å²) in [5.41, 5.74) is -0.0826. The summed E-state index contributed by atoms with van der Waals surface area (Å²) >= 11 is 0. The number of carbonyl (C=O) groups excluding carboxylic acids is 3. The molecule has 1 aliphatic rings. The number of aromatic hydroxyl groups is 1. The predicted octanol–water partition coefficient (Wildman–Crippen LogP) is 2.45. The lowest BCUT2D eigenvalue weighted by atomic mass is 9.77. The zero-order chi connectivity index (χ0) is 26.0. The summed E-state index contributed by atoms with van der Waals surface area (Å²) in [6.07, 6.45) is 1.74. The number of phenols is 1. The Morgan fingerprint density at radius 3 is 2.37 bits per heavy atom. The summed E-state index contributed by atoms with van der Waals surface area (Å²) in [5.74, 6) is -4.66. The van der Waals surface area contributed by atoms with Crippen molar-refractivity contribution in [1.82, 2.24) is 0 Å². The van der Waals surface area contributed by atoms with Crippen LogP contribution in [0.2, 0.25) is 0 Å². The van der Waals surface area contributed by atoms with Gasteiger partial charge in [-0.25, -0.2) is 9.59 Å². The Morgan fingerprint density at radius 1 is 1.14 bits per heavy atom. The van der Waals surface area contributed by atoms with E-state index in [2.05, 4.69) is 4.18 Å². The van der Waals surface area contributed by atoms with Gasteiger partial charge in [-0.3, -0.25) is 9.35 Å². The highest BCUT2D eigenvalue weighted by molar-refractivity contribution is 7.81. The summed E-state index contributed by atoms with van der Waals surface area (Å²) in [7, 11) is -3.70. The molecule has 0 amide bonds. The summed E-state index contributed by atoms with van der Waals surface area (Å²) in [6, 6.07) is 9.66. The van der Waals surface area contributed by atoms with Gasteiger partial charge in [-0.05, 0) is 49.6 Å². The van der Waals surface area contributed by atoms with Gasteiger partial charge in [0.2, 0.25) is 5.60 Å². The Balaban J connectivity index is 2.12. The number of hydrogen-bond donors (Lipinski definition) is 2. The second-order valence-corrected chi connectivity index (χ2v) is 9.30. The third kappa shape index (κ3) is 5.69. The highest BCUT2D eigenvalue weighted by Crippen LogP contribution is 2.43. The Kier molecular flexibility index (Phi) is 7.32. The lowest BCUT2D eigenvalue weighted by Crippen LogP contribution is -2.47. The number of rotatable bonds is 8. The van der Waals surface area contributed by atoms with Crippen LogP contribution < -0.4 is 4.18 Å². The van der Waals surface area contributed by atoms with Gasteiger partial charge in [-0.2, -0.15) is 8.42 Å². The van der Waals surface area contributed by atoms with Crippen LogP contribution in [0, 0.1) is 0 Å². The fraction of sp³-hybridized carbons (Fsp3) is 0.292. The number of hydrogen-bond acceptors (Lipinski definition) is 9. The molecular formula is C24H24O10S. The minimum absolute atomic E-state index is 0.0755. The second-order valence-electron chi connectivity index (χ2n) is 8.27. The average Bonchev–Trinajstić information content (AvgIpc) is 3.03. The summed E-state index contributed by atoms with van der Waals surface area (Å²) in [6.45, 7) is 3.68. The molecule has 1 saturated heterocycles. The van der Waals surface area contributed by atoms with E-state index in [1.165, 1.54) is 42.5 Å². The van der Waals surface area contributed by atoms with E-state index in [1.54, 1.807) is 6.08 Å². The standard InChI is InChI=1S/C24H24O10S/c1-14(2)4-6-17-12-15(5-11-19(17)34-35(29,30)31)13-24(23(28)32-3)20(21(26)22(27)33-24)16-7-9-18(25)10-8-16/h4-5,7-12,20,25H,6,13H2,1-3H3,(H,29,30,31)/t20?,24-/m1/s1. The maximum Gasteiger partial charge on any atom is 0.446 e. The van der Waals surface area contributed by atoms with Crippen molar-refractivity contribution in [2.24, 2.45) is 0 Å². The van der Waals surface area contributed by atoms with Crippen LogP contribution in [0.4, 0.5) is 0 Å². The van der Waals surface area contributed by atoms with Crippen molar-refractivity contribution in [1.29, 1.82) is 0 Å². The molecule has 2 atom stereocenters. The zero-order valence-corrected chi connectivity index (χ0v) is 20.0. The SMILES string of the molecule is COC(=O)[C@]1(Cc2ccc(OS(=O)(=O)O)c(CC=C(C)C)c2)OC(=O)C(=O)C1c1ccc(O)cc1. The number of allylic oxidation sites excluding steroid dienone is 2. The number of ketones is 1. The highest BCUT2D eigenvalue weighted by Gasteiger charge is 2.61. The van der Waals surface area contributed by atoms with Crippen LogP contribution in [0.3, 0.4) is 0 Å². The first-order valence-corrected chi connectivity index (χ1v) is 11.8. The van der Waals surface area contributed by atoms with Gasteiger partial charge in [0, 0.05) is 12.0 Å². The average molecular weight is 505 g/mol. The summed E-state index contributed by atoms with van der Waals surface area (Å²) < 4.78 is 46.6. The van der Waals surface area contributed by atoms with Crippen LogP contribution in [0.25, 0.3) is 0 Å². The largest absolute Gasteiger partial charge is 0.508 e. The number of esters is 2. The van der Waals surface area contributed by atoms with E-state index in [0.29, 0.717) is 11.1 Å². The van der Waals surface area contributed by atoms with Crippen LogP contribution in [-0.4, -0.2) is 48.5 Å². The van der Waals surface area contributed by atoms with Crippen LogP contribution in [0.5, 0.6) is 11.5 Å². The van der Waals surface area contributed by atoms with E-state index < -0.39 is 39.6 Å². The molecule has 186 valence electrons. The first-order chi connectivity index (χ1) is 16.4. The van der Waals surface area contributed by atoms with Gasteiger partial charge in [0.15, 0.2) is 0 Å². The molecule has 0 radical (unpaired) electrons. The first kappa shape index (κ1) is 25.9. The molecule has 3 rings (SSSR count). The number of Topliss-reactive ketones (excluding diaryl/α,β-unsaturated/α-hetero) is 1. The van der Waals surface area contributed by atoms with Crippen LogP contribution in [-0.2, 0) is 47.1 Å². The summed E-state index contributed by atoms with van der Waals surface area (Å²) in [4.78, 5) is 38.1. The normalized spacial score (nSPS) is 19.7. The minimum Gasteiger partial charge on any atom is -0.508 e. The Bertz CT molecular complexity index is 1290. The van der Waals surface area contributed by atoms with Crippen LogP contribution in [0.1, 0.15) is 36.5 Å². The van der Waals surface area contributed by atoms with E-state index in [0.717, 1.165) is 12.7 Å². The van der Waals surface area contributed by atoms with Gasteiger partial charge >= 0.3 is 22.3 Å². The monoisotopic (exact) mass is 504 g/mol. The zero-order valence-electron chi connectivity index (χ0n) is 19.2. The fourth-order valence-electron chi connectivity index (χ4n) is 3.95. The number of methoxy groups -OCH3 is 1. The maximum absolute atomic E-state index is 13.0. The van der Waals surface area contributed by atoms with Gasteiger partial charge in [-0.1, -0.05) is 35.9 Å². The van der Waals surface area contributed by atoms with Crippen molar-refractivity contribution in [2.45, 2.75) is 38.2 Å². The molecule has 1 aliphatic heterocycles. The molecular weight excluding hydrogens is 480 g/mol. The van der Waals surface area contributed by atoms with E-state index in [4.69, 9.17) is 14.0 Å². The fourth-order valence-corrected chi connectivity index (χ4v) is 4.34. The van der Waals surface area contributed by atoms with Crippen molar-refractivity contribution < 1.29 is 46.1 Å². The van der Waals surface area contributed by atoms with Crippen LogP contribution >= 0.6 is 0 Å². The predicted molar refractivity (Wildman–Crippen MR) is 122 cm³/mol. The van der Waals surface area contributed by atoms with E-state index in [9.17, 15) is 27.9 Å². The first-order valence-electron chi connectivity index (χ1n) is 10.4. The lowest BCUT2D eigenvalue weighted by molar-refractivity contribution is -0.173. The number of ether oxygens (including phenoxy) is 2. The van der Waals surface area contributed by atoms with E-state index in [1.807, 2.05) is 13.8 Å². The molecule has 0 spiro atoms. The Hall–Kier alpha value is -3.70. The number of phenolic OH excluding ortho intramolecular Hbond substituents is 1. The van der Waals surface area contributed by atoms with Crippen molar-refractivity contribution in [2.75, 3.05) is 7.11 Å². The van der Waals surface area contributed by atoms with Crippen molar-refractivity contribution in [3.63, 3.8) is 0 Å². The topological polar surface area (TPSA) is 154 Å². The Labute approximate surface area is 202 Å². The van der Waals surface area contributed by atoms with Crippen LogP contribution in [0.15, 0.2) is 54.1 Å². The number of benzene rings is 2. The minimum atomic E-state index is -4.80. The van der Waals surface area contributed by atoms with E-state index >= 15 is 0 Å². The number of carbonyl (C=O) groups is 3. The number of cyclic esters (lactones) is 1. The van der Waals surface area contributed by atoms with Gasteiger partial charge in [0.1, 0.15) is 17.4 Å². The molecule has 11 heteroatoms. The third-order valence-corrected chi connectivity index (χ3v) is 5.87. The quantitative estimate of drug-likeness (QED) is 0.237. The molecule has 1 fully saturated rings. The summed E-state index contributed by atoms with van der Waals surface area (Å²) in [5, 5.41) is 9.61. The molecule has 1 heterocycles. The van der Waals surface area contributed by atoms with Gasteiger partial charge in [-0.15, -0.1) is 0 Å². The van der Waals surface area contributed by atoms with Gasteiger partial charge < -0.3 is 18.8 Å². The molecule has 0 bridgehead atoms. The smallest absolute Gasteiger partial charge is 0.446 e. The van der Waals surface area contributed by atoms with Crippen molar-refractivity contribution in [3.05, 3.63) is 70.8 Å². The van der Waals surface area contributed by atoms with Crippen molar-refractivity contribution in [3.8, 4) is 11.5 Å². The van der Waals surface area contributed by atoms with Crippen molar-refractivity contribution >= 4 is 28.1 Å². The molecule has 10 nitrogen and oxygen atoms in total. The van der Waals surface area contributed by atoms with E-state index in [-0.39, 0.29) is 29.9 Å². The lowest BCUT2D eigenvalue weighted by Gasteiger charge is -2.30.